The Morgan fingerprint density at radius 2 is 2.12 bits per heavy atom. The largest absolute Gasteiger partial charge is 0.325 e. The predicted octanol–water partition coefficient (Wildman–Crippen LogP) is 3.34. The summed E-state index contributed by atoms with van der Waals surface area (Å²) >= 11 is 5.70. The van der Waals surface area contributed by atoms with Crippen LogP contribution in [-0.4, -0.2) is 11.8 Å². The molecule has 0 fully saturated rings. The first-order chi connectivity index (χ1) is 7.36. The number of rotatable bonds is 3. The molecule has 1 aromatic rings. The van der Waals surface area contributed by atoms with Crippen LogP contribution in [-0.2, 0) is 4.79 Å². The van der Waals surface area contributed by atoms with Crippen molar-refractivity contribution in [2.75, 3.05) is 11.2 Å². The van der Waals surface area contributed by atoms with E-state index in [1.54, 1.807) is 26.8 Å². The Morgan fingerprint density at radius 1 is 1.50 bits per heavy atom. The van der Waals surface area contributed by atoms with Gasteiger partial charge in [0.25, 0.3) is 0 Å². The van der Waals surface area contributed by atoms with E-state index in [4.69, 9.17) is 11.6 Å². The summed E-state index contributed by atoms with van der Waals surface area (Å²) in [4.78, 5) is 11.8. The van der Waals surface area contributed by atoms with Gasteiger partial charge in [-0.1, -0.05) is 0 Å². The van der Waals surface area contributed by atoms with Gasteiger partial charge in [-0.25, -0.2) is 4.39 Å². The lowest BCUT2D eigenvalue weighted by Crippen LogP contribution is -2.32. The monoisotopic (exact) mass is 243 g/mol. The summed E-state index contributed by atoms with van der Waals surface area (Å²) in [7, 11) is 0. The smallest absolute Gasteiger partial charge is 0.231 e. The summed E-state index contributed by atoms with van der Waals surface area (Å²) < 4.78 is 12.9. The Bertz CT molecular complexity index is 404. The molecule has 0 radical (unpaired) electrons. The third-order valence-corrected chi connectivity index (χ3v) is 3.05. The Labute approximate surface area is 99.8 Å². The molecule has 1 N–H and O–H groups in total. The van der Waals surface area contributed by atoms with Gasteiger partial charge in [0.1, 0.15) is 5.82 Å². The van der Waals surface area contributed by atoms with Gasteiger partial charge in [0.05, 0.1) is 5.41 Å². The molecule has 0 aliphatic rings. The van der Waals surface area contributed by atoms with Crippen molar-refractivity contribution in [2.24, 2.45) is 5.41 Å². The fourth-order valence-electron chi connectivity index (χ4n) is 1.12. The van der Waals surface area contributed by atoms with E-state index in [2.05, 4.69) is 5.32 Å². The second kappa shape index (κ2) is 4.83. The van der Waals surface area contributed by atoms with Crippen LogP contribution in [0.5, 0.6) is 0 Å². The predicted molar refractivity (Wildman–Crippen MR) is 64.3 cm³/mol. The number of hydrogen-bond acceptors (Lipinski definition) is 1. The number of nitrogens with one attached hydrogen (secondary N) is 1. The molecule has 2 nitrogen and oxygen atoms in total. The van der Waals surface area contributed by atoms with Crippen molar-refractivity contribution in [1.29, 1.82) is 0 Å². The molecule has 0 aromatic heterocycles. The van der Waals surface area contributed by atoms with Crippen molar-refractivity contribution in [3.63, 3.8) is 0 Å². The number of alkyl halides is 1. The van der Waals surface area contributed by atoms with Crippen molar-refractivity contribution in [1.82, 2.24) is 0 Å². The average Bonchev–Trinajstić information content (AvgIpc) is 2.22. The van der Waals surface area contributed by atoms with Crippen LogP contribution in [0.25, 0.3) is 0 Å². The Hall–Kier alpha value is -1.09. The SMILES string of the molecule is Cc1cc(F)ccc1NC(=O)C(C)(C)CCl. The molecule has 0 unspecified atom stereocenters. The normalized spacial score (nSPS) is 11.3. The number of amides is 1. The van der Waals surface area contributed by atoms with Gasteiger partial charge >= 0.3 is 0 Å². The highest BCUT2D eigenvalue weighted by Crippen LogP contribution is 2.22. The van der Waals surface area contributed by atoms with E-state index in [0.29, 0.717) is 11.3 Å². The first-order valence-corrected chi connectivity index (χ1v) is 5.54. The summed E-state index contributed by atoms with van der Waals surface area (Å²) in [5.74, 6) is -0.247. The van der Waals surface area contributed by atoms with Gasteiger partial charge in [-0.05, 0) is 44.5 Å². The van der Waals surface area contributed by atoms with Crippen LogP contribution in [0.1, 0.15) is 19.4 Å². The first-order valence-electron chi connectivity index (χ1n) is 5.00. The molecular weight excluding hydrogens is 229 g/mol. The molecule has 0 saturated carbocycles. The van der Waals surface area contributed by atoms with Crippen LogP contribution in [0.4, 0.5) is 10.1 Å². The lowest BCUT2D eigenvalue weighted by Gasteiger charge is -2.21. The Morgan fingerprint density at radius 3 is 2.62 bits per heavy atom. The fraction of sp³-hybridized carbons (Fsp3) is 0.417. The van der Waals surface area contributed by atoms with Gasteiger partial charge in [-0.3, -0.25) is 4.79 Å². The molecule has 0 saturated heterocycles. The lowest BCUT2D eigenvalue weighted by molar-refractivity contribution is -0.122. The van der Waals surface area contributed by atoms with E-state index < -0.39 is 5.41 Å². The van der Waals surface area contributed by atoms with Crippen molar-refractivity contribution in [2.45, 2.75) is 20.8 Å². The van der Waals surface area contributed by atoms with Gasteiger partial charge in [-0.15, -0.1) is 11.6 Å². The van der Waals surface area contributed by atoms with Crippen molar-refractivity contribution < 1.29 is 9.18 Å². The van der Waals surface area contributed by atoms with E-state index in [0.717, 1.165) is 0 Å². The second-order valence-electron chi connectivity index (χ2n) is 4.43. The van der Waals surface area contributed by atoms with E-state index in [-0.39, 0.29) is 17.6 Å². The Balaban J connectivity index is 2.85. The molecule has 0 spiro atoms. The highest BCUT2D eigenvalue weighted by molar-refractivity contribution is 6.20. The molecule has 0 heterocycles. The van der Waals surface area contributed by atoms with E-state index in [1.165, 1.54) is 12.1 Å². The summed E-state index contributed by atoms with van der Waals surface area (Å²) in [6.07, 6.45) is 0. The number of aryl methyl sites for hydroxylation is 1. The molecular formula is C12H15ClFNO. The number of carbonyl (C=O) groups is 1. The molecule has 0 aliphatic heterocycles. The van der Waals surface area contributed by atoms with Gasteiger partial charge in [0.2, 0.25) is 5.91 Å². The highest BCUT2D eigenvalue weighted by atomic mass is 35.5. The minimum Gasteiger partial charge on any atom is -0.325 e. The van der Waals surface area contributed by atoms with Crippen LogP contribution in [0.15, 0.2) is 18.2 Å². The Kier molecular flexibility index (Phi) is 3.92. The molecule has 88 valence electrons. The van der Waals surface area contributed by atoms with Gasteiger partial charge in [0.15, 0.2) is 0 Å². The average molecular weight is 244 g/mol. The maximum absolute atomic E-state index is 12.9. The van der Waals surface area contributed by atoms with Crippen molar-refractivity contribution in [3.05, 3.63) is 29.6 Å². The molecule has 0 atom stereocenters. The third-order valence-electron chi connectivity index (χ3n) is 2.39. The molecule has 1 aromatic carbocycles. The molecule has 1 rings (SSSR count). The number of hydrogen-bond donors (Lipinski definition) is 1. The van der Waals surface area contributed by atoms with E-state index in [1.807, 2.05) is 0 Å². The highest BCUT2D eigenvalue weighted by Gasteiger charge is 2.26. The zero-order chi connectivity index (χ0) is 12.3. The summed E-state index contributed by atoms with van der Waals surface area (Å²) in [6.45, 7) is 5.26. The minimum absolute atomic E-state index is 0.169. The number of carbonyl (C=O) groups excluding carboxylic acids is 1. The van der Waals surface area contributed by atoms with E-state index >= 15 is 0 Å². The minimum atomic E-state index is -0.637. The molecule has 4 heteroatoms. The summed E-state index contributed by atoms with van der Waals surface area (Å²) in [6, 6.07) is 4.24. The lowest BCUT2D eigenvalue weighted by atomic mass is 9.95. The molecule has 1 amide bonds. The zero-order valence-electron chi connectivity index (χ0n) is 9.60. The van der Waals surface area contributed by atoms with Gasteiger partial charge in [0, 0.05) is 11.6 Å². The van der Waals surface area contributed by atoms with Crippen LogP contribution < -0.4 is 5.32 Å². The summed E-state index contributed by atoms with van der Waals surface area (Å²) in [5.41, 5.74) is 0.672. The molecule has 0 bridgehead atoms. The zero-order valence-corrected chi connectivity index (χ0v) is 10.4. The quantitative estimate of drug-likeness (QED) is 0.811. The fourth-order valence-corrected chi connectivity index (χ4v) is 1.24. The molecule has 16 heavy (non-hydrogen) atoms. The third kappa shape index (κ3) is 2.95. The second-order valence-corrected chi connectivity index (χ2v) is 4.70. The first kappa shape index (κ1) is 13.0. The maximum Gasteiger partial charge on any atom is 0.231 e. The number of benzene rings is 1. The van der Waals surface area contributed by atoms with Gasteiger partial charge < -0.3 is 5.32 Å². The maximum atomic E-state index is 12.9. The number of anilines is 1. The number of halogens is 2. The summed E-state index contributed by atoms with van der Waals surface area (Å²) in [5, 5.41) is 2.74. The van der Waals surface area contributed by atoms with Crippen LogP contribution in [0.2, 0.25) is 0 Å². The molecule has 0 aliphatic carbocycles. The van der Waals surface area contributed by atoms with Crippen LogP contribution >= 0.6 is 11.6 Å². The van der Waals surface area contributed by atoms with E-state index in [9.17, 15) is 9.18 Å². The van der Waals surface area contributed by atoms with Crippen molar-refractivity contribution >= 4 is 23.2 Å². The van der Waals surface area contributed by atoms with Crippen LogP contribution in [0.3, 0.4) is 0 Å². The van der Waals surface area contributed by atoms with Gasteiger partial charge in [-0.2, -0.15) is 0 Å². The van der Waals surface area contributed by atoms with Crippen LogP contribution in [0, 0.1) is 18.2 Å². The van der Waals surface area contributed by atoms with Crippen molar-refractivity contribution in [3.8, 4) is 0 Å². The standard InChI is InChI=1S/C12H15ClFNO/c1-8-6-9(14)4-5-10(8)15-11(16)12(2,3)7-13/h4-6H,7H2,1-3H3,(H,15,16). The topological polar surface area (TPSA) is 29.1 Å².